The average molecular weight is 723 g/mol. The van der Waals surface area contributed by atoms with Crippen molar-refractivity contribution in [2.24, 2.45) is 0 Å². The Morgan fingerprint density at radius 1 is 0.750 bits per heavy atom. The largest absolute Gasteiger partial charge is 2.00 e. The summed E-state index contributed by atoms with van der Waals surface area (Å²) in [5.74, 6) is 2.11. The van der Waals surface area contributed by atoms with Crippen LogP contribution in [0.25, 0.3) is 44.4 Å². The summed E-state index contributed by atoms with van der Waals surface area (Å²) < 4.78 is 10.8. The maximum atomic E-state index is 6.49. The van der Waals surface area contributed by atoms with E-state index >= 15 is 0 Å². The summed E-state index contributed by atoms with van der Waals surface area (Å²) in [7, 11) is 0. The first kappa shape index (κ1) is 33.4. The van der Waals surface area contributed by atoms with Gasteiger partial charge in [-0.25, -0.2) is 4.98 Å². The van der Waals surface area contributed by atoms with Gasteiger partial charge in [-0.05, 0) is 66.6 Å². The van der Waals surface area contributed by atoms with E-state index in [9.17, 15) is 0 Å². The summed E-state index contributed by atoms with van der Waals surface area (Å²) in [6.07, 6.45) is 9.80. The first-order valence-corrected chi connectivity index (χ1v) is 16.9. The molecule has 0 atom stereocenters. The second-order valence-corrected chi connectivity index (χ2v) is 12.2. The molecule has 3 aromatic heterocycles. The van der Waals surface area contributed by atoms with Gasteiger partial charge in [-0.15, -0.1) is 35.7 Å². The van der Waals surface area contributed by atoms with Crippen molar-refractivity contribution >= 4 is 21.8 Å². The standard InChI is InChI=1S/C42H40N4O.Pd/c1-4-6-7-8-12-22-39-42(31-16-10-9-11-17-31)37(5-2)44-46(39)32-18-15-19-33(28-32)47-34-23-24-36-35-20-13-14-21-38(35)45(40(36)29-34)41-27-30(3)25-26-43-41;/h9-11,13-21,23-27H,4-8,12,22H2,1-3H3;/q-2;+2. The molecule has 0 unspecified atom stereocenters. The average Bonchev–Trinajstić information content (AvgIpc) is 3.64. The molecule has 3 heterocycles. The van der Waals surface area contributed by atoms with Gasteiger partial charge in [-0.2, -0.15) is 17.2 Å². The van der Waals surface area contributed by atoms with Crippen LogP contribution in [0.3, 0.4) is 0 Å². The van der Waals surface area contributed by atoms with Crippen LogP contribution < -0.4 is 4.74 Å². The van der Waals surface area contributed by atoms with Gasteiger partial charge in [0.2, 0.25) is 0 Å². The number of para-hydroxylation sites is 1. The van der Waals surface area contributed by atoms with Gasteiger partial charge in [0.1, 0.15) is 5.82 Å². The van der Waals surface area contributed by atoms with Crippen LogP contribution in [0.4, 0.5) is 0 Å². The van der Waals surface area contributed by atoms with Gasteiger partial charge in [0.25, 0.3) is 0 Å². The van der Waals surface area contributed by atoms with Crippen molar-refractivity contribution in [2.75, 3.05) is 0 Å². The SMILES string of the molecule is CCCCCCCc1c(-c2ccccc2)c(CC)nn1-c1[c-]c(Oc2[c-]c3c(cc2)c2ccccc2n3-c2cc(C)ccn2)ccc1.[Pd+2]. The molecule has 4 aromatic carbocycles. The number of nitrogens with zero attached hydrogens (tertiary/aromatic N) is 4. The number of ether oxygens (including phenoxy) is 1. The number of aryl methyl sites for hydroxylation is 2. The van der Waals surface area contributed by atoms with Crippen molar-refractivity contribution in [3.63, 3.8) is 0 Å². The number of hydrogen-bond donors (Lipinski definition) is 0. The number of unbranched alkanes of at least 4 members (excludes halogenated alkanes) is 4. The smallest absolute Gasteiger partial charge is 0.509 e. The van der Waals surface area contributed by atoms with E-state index in [1.54, 1.807) is 0 Å². The molecule has 0 saturated heterocycles. The second-order valence-electron chi connectivity index (χ2n) is 12.2. The van der Waals surface area contributed by atoms with Gasteiger partial charge in [0.15, 0.2) is 0 Å². The first-order valence-electron chi connectivity index (χ1n) is 16.9. The van der Waals surface area contributed by atoms with E-state index in [0.717, 1.165) is 63.8 Å². The molecule has 0 saturated carbocycles. The molecule has 5 nitrogen and oxygen atoms in total. The third kappa shape index (κ3) is 6.74. The van der Waals surface area contributed by atoms with Gasteiger partial charge in [-0.3, -0.25) is 4.68 Å². The predicted molar refractivity (Wildman–Crippen MR) is 192 cm³/mol. The molecule has 0 bridgehead atoms. The Labute approximate surface area is 297 Å². The van der Waals surface area contributed by atoms with Gasteiger partial charge in [-0.1, -0.05) is 93.6 Å². The molecular weight excluding hydrogens is 683 g/mol. The zero-order valence-corrected chi connectivity index (χ0v) is 29.3. The predicted octanol–water partition coefficient (Wildman–Crippen LogP) is 10.8. The van der Waals surface area contributed by atoms with Crippen LogP contribution in [-0.2, 0) is 33.3 Å². The number of aromatic nitrogens is 4. The molecule has 0 fully saturated rings. The van der Waals surface area contributed by atoms with Crippen LogP contribution >= 0.6 is 0 Å². The molecule has 7 rings (SSSR count). The Kier molecular flexibility index (Phi) is 10.5. The maximum absolute atomic E-state index is 6.49. The van der Waals surface area contributed by atoms with Crippen LogP contribution in [-0.4, -0.2) is 19.3 Å². The van der Waals surface area contributed by atoms with Crippen molar-refractivity contribution in [2.45, 2.75) is 65.7 Å². The van der Waals surface area contributed by atoms with Crippen LogP contribution in [0.2, 0.25) is 0 Å². The van der Waals surface area contributed by atoms with E-state index < -0.39 is 0 Å². The molecule has 0 spiro atoms. The van der Waals surface area contributed by atoms with E-state index in [1.165, 1.54) is 42.5 Å². The quantitative estimate of drug-likeness (QED) is 0.0716. The summed E-state index contributed by atoms with van der Waals surface area (Å²) in [6, 6.07) is 40.5. The fourth-order valence-corrected chi connectivity index (χ4v) is 6.57. The van der Waals surface area contributed by atoms with E-state index in [1.807, 2.05) is 30.5 Å². The molecule has 244 valence electrons. The van der Waals surface area contributed by atoms with Crippen LogP contribution in [0.1, 0.15) is 62.9 Å². The third-order valence-corrected chi connectivity index (χ3v) is 8.86. The maximum Gasteiger partial charge on any atom is 2.00 e. The zero-order valence-electron chi connectivity index (χ0n) is 27.8. The van der Waals surface area contributed by atoms with Crippen LogP contribution in [0, 0.1) is 19.1 Å². The molecule has 0 radical (unpaired) electrons. The molecule has 7 aromatic rings. The third-order valence-electron chi connectivity index (χ3n) is 8.86. The van der Waals surface area contributed by atoms with Crippen molar-refractivity contribution in [3.05, 3.63) is 132 Å². The molecule has 0 N–H and O–H groups in total. The van der Waals surface area contributed by atoms with Gasteiger partial charge in [0.05, 0.1) is 5.69 Å². The normalized spacial score (nSPS) is 11.2. The van der Waals surface area contributed by atoms with Crippen molar-refractivity contribution in [3.8, 4) is 34.1 Å². The fourth-order valence-electron chi connectivity index (χ4n) is 6.57. The Hall–Kier alpha value is -4.50. The summed E-state index contributed by atoms with van der Waals surface area (Å²) >= 11 is 0. The van der Waals surface area contributed by atoms with E-state index in [4.69, 9.17) is 14.8 Å². The Balaban J connectivity index is 0.00000401. The molecule has 0 aliphatic heterocycles. The van der Waals surface area contributed by atoms with Crippen LogP contribution in [0.15, 0.2) is 103 Å². The number of rotatable bonds is 12. The second kappa shape index (κ2) is 15.2. The zero-order chi connectivity index (χ0) is 32.2. The Morgan fingerprint density at radius 3 is 2.35 bits per heavy atom. The van der Waals surface area contributed by atoms with Crippen molar-refractivity contribution in [1.29, 1.82) is 0 Å². The first-order chi connectivity index (χ1) is 23.1. The molecular formula is C42H40N4OPd. The number of fused-ring (bicyclic) bond motifs is 3. The Bertz CT molecular complexity index is 2150. The van der Waals surface area contributed by atoms with Crippen LogP contribution in [0.5, 0.6) is 11.5 Å². The van der Waals surface area contributed by atoms with Crippen molar-refractivity contribution in [1.82, 2.24) is 19.3 Å². The summed E-state index contributed by atoms with van der Waals surface area (Å²) in [6.45, 7) is 6.53. The Morgan fingerprint density at radius 2 is 1.54 bits per heavy atom. The van der Waals surface area contributed by atoms with E-state index in [-0.39, 0.29) is 20.4 Å². The van der Waals surface area contributed by atoms with E-state index in [2.05, 4.69) is 115 Å². The number of hydrogen-bond acceptors (Lipinski definition) is 3. The molecule has 0 aliphatic carbocycles. The molecule has 6 heteroatoms. The summed E-state index contributed by atoms with van der Waals surface area (Å²) in [5.41, 5.74) is 8.85. The summed E-state index contributed by atoms with van der Waals surface area (Å²) in [4.78, 5) is 4.71. The topological polar surface area (TPSA) is 44.9 Å². The van der Waals surface area contributed by atoms with Gasteiger partial charge >= 0.3 is 20.4 Å². The van der Waals surface area contributed by atoms with Crippen molar-refractivity contribution < 1.29 is 25.2 Å². The molecule has 0 aliphatic rings. The number of pyridine rings is 1. The van der Waals surface area contributed by atoms with Gasteiger partial charge < -0.3 is 9.30 Å². The molecule has 48 heavy (non-hydrogen) atoms. The summed E-state index contributed by atoms with van der Waals surface area (Å²) in [5, 5.41) is 7.43. The minimum Gasteiger partial charge on any atom is -0.509 e. The number of benzene rings is 4. The minimum absolute atomic E-state index is 0. The minimum atomic E-state index is 0. The van der Waals surface area contributed by atoms with E-state index in [0.29, 0.717) is 11.5 Å². The fraction of sp³-hybridized carbons (Fsp3) is 0.238. The monoisotopic (exact) mass is 722 g/mol. The van der Waals surface area contributed by atoms with Gasteiger partial charge in [0, 0.05) is 34.5 Å². The molecule has 0 amide bonds.